The van der Waals surface area contributed by atoms with Crippen molar-refractivity contribution >= 4 is 11.4 Å². The summed E-state index contributed by atoms with van der Waals surface area (Å²) in [4.78, 5) is 0. The average Bonchev–Trinajstić information content (AvgIpc) is 3.82. The molecule has 0 bridgehead atoms. The minimum absolute atomic E-state index is 0.835. The van der Waals surface area contributed by atoms with Crippen LogP contribution in [0.1, 0.15) is 364 Å². The van der Waals surface area contributed by atoms with Gasteiger partial charge < -0.3 is 5.53 Å². The number of nitrogens with zero attached hydrogens (tertiary/aromatic N) is 2. The second-order valence-electron chi connectivity index (χ2n) is 23.7. The van der Waals surface area contributed by atoms with E-state index >= 15 is 0 Å². The summed E-state index contributed by atoms with van der Waals surface area (Å²) in [6, 6.07) is 9.74. The van der Waals surface area contributed by atoms with Gasteiger partial charge in [-0.3, -0.25) is 0 Å². The molecule has 3 rings (SSSR count). The second-order valence-corrected chi connectivity index (χ2v) is 25.2. The van der Waals surface area contributed by atoms with Crippen LogP contribution in [0.5, 0.6) is 0 Å². The molecule has 0 aromatic heterocycles. The van der Waals surface area contributed by atoms with Crippen LogP contribution in [0.25, 0.3) is 16.9 Å². The molecule has 2 nitrogen and oxygen atoms in total. The molecule has 0 fully saturated rings. The van der Waals surface area contributed by atoms with E-state index in [-0.39, 0.29) is 0 Å². The van der Waals surface area contributed by atoms with Gasteiger partial charge in [0.05, 0.1) is 0 Å². The quantitative estimate of drug-likeness (QED) is 0.0273. The van der Waals surface area contributed by atoms with Crippen molar-refractivity contribution in [1.82, 2.24) is 0 Å². The van der Waals surface area contributed by atoms with E-state index in [0.717, 1.165) is 99.6 Å². The van der Waals surface area contributed by atoms with Crippen LogP contribution >= 0.6 is 0 Å². The van der Waals surface area contributed by atoms with E-state index < -0.39 is 0 Å². The predicted octanol–water partition coefficient (Wildman–Crippen LogP) is 25.4. The van der Waals surface area contributed by atoms with Crippen molar-refractivity contribution in [2.75, 3.05) is 0 Å². The van der Waals surface area contributed by atoms with Gasteiger partial charge in [0.25, 0.3) is 0 Å². The summed E-state index contributed by atoms with van der Waals surface area (Å²) < 4.78 is 1.58. The van der Waals surface area contributed by atoms with Crippen molar-refractivity contribution < 1.29 is 19.1 Å². The minimum atomic E-state index is 0.835. The third-order valence-corrected chi connectivity index (χ3v) is 17.9. The van der Waals surface area contributed by atoms with Crippen LogP contribution in [0.3, 0.4) is 0 Å². The monoisotopic (exact) mass is 1110 g/mol. The molecular weight excluding hydrogens is 988 g/mol. The Hall–Kier alpha value is -2.43. The number of hydrogen-bond acceptors (Lipinski definition) is 0. The molecule has 78 heavy (non-hydrogen) atoms. The molecule has 0 spiro atoms. The fraction of sp³-hybridized carbons (Fsp3) is 0.760. The van der Waals surface area contributed by atoms with Crippen molar-refractivity contribution in [3.8, 4) is 11.8 Å². The van der Waals surface area contributed by atoms with Crippen LogP contribution in [-0.4, -0.2) is 4.70 Å². The fourth-order valence-corrected chi connectivity index (χ4v) is 13.0. The van der Waals surface area contributed by atoms with Gasteiger partial charge in [-0.2, -0.15) is 0 Å². The van der Waals surface area contributed by atoms with E-state index in [0.29, 0.717) is 0 Å². The van der Waals surface area contributed by atoms with Crippen LogP contribution < -0.4 is 0 Å². The van der Waals surface area contributed by atoms with Crippen molar-refractivity contribution in [2.24, 2.45) is 0 Å². The van der Waals surface area contributed by atoms with Crippen molar-refractivity contribution in [3.63, 3.8) is 0 Å². The number of unbranched alkanes of at least 4 members (excludes halogenated alkanes) is 29. The number of aryl methyl sites for hydroxylation is 4. The van der Waals surface area contributed by atoms with Crippen molar-refractivity contribution in [2.45, 2.75) is 369 Å². The van der Waals surface area contributed by atoms with E-state index in [2.05, 4.69) is 105 Å². The topological polar surface area (TPSA) is 25.3 Å². The Morgan fingerprint density at radius 3 is 1.06 bits per heavy atom. The van der Waals surface area contributed by atoms with Gasteiger partial charge in [0.1, 0.15) is 5.57 Å². The Kier molecular flexibility index (Phi) is 45.2. The van der Waals surface area contributed by atoms with Gasteiger partial charge in [-0.15, -0.1) is 0 Å². The zero-order chi connectivity index (χ0) is 56.7. The first-order valence-electron chi connectivity index (χ1n) is 34.6. The van der Waals surface area contributed by atoms with E-state index in [4.69, 9.17) is 0 Å². The van der Waals surface area contributed by atoms with Crippen LogP contribution in [0, 0.1) is 11.8 Å². The van der Waals surface area contributed by atoms with Crippen LogP contribution in [0.4, 0.5) is 0 Å². The molecule has 0 aliphatic carbocycles. The molecule has 0 radical (unpaired) electrons. The van der Waals surface area contributed by atoms with Gasteiger partial charge in [-0.25, -0.2) is 4.70 Å². The summed E-state index contributed by atoms with van der Waals surface area (Å²) >= 11 is 2.03. The standard InChI is InChI=1S/C53H82N2.2C11H23.Ni/c1-9-17-21-22-23-24-25-26-27-28-29-30-37-51-48(16-8)52(46-40-44(34-18-10-2)50(36-20-12-4)45(41-46)35-19-11-3)55(54)53(51)47-38-42(31-13-5)49(33-15-7)43(39-47)32-14-6;2*1-3-5-7-9-11-10-8-6-4-2;/h38-41H,9-29,31-36H2,1-8H3;2*1,3-11H2,2H3;. The van der Waals surface area contributed by atoms with Crippen LogP contribution in [-0.2, 0) is 53.0 Å². The van der Waals surface area contributed by atoms with Gasteiger partial charge in [0.15, 0.2) is 0 Å². The number of allylic oxidation sites excluding steroid dienone is 2. The first-order valence-corrected chi connectivity index (χ1v) is 36.0. The summed E-state index contributed by atoms with van der Waals surface area (Å²) in [7, 11) is 0. The molecule has 1 aliphatic heterocycles. The van der Waals surface area contributed by atoms with Crippen LogP contribution in [0.15, 0.2) is 35.4 Å². The molecule has 1 heterocycles. The zero-order valence-corrected chi connectivity index (χ0v) is 54.7. The van der Waals surface area contributed by atoms with E-state index in [9.17, 15) is 5.53 Å². The maximum atomic E-state index is 12.6. The fourth-order valence-electron chi connectivity index (χ4n) is 11.8. The van der Waals surface area contributed by atoms with Gasteiger partial charge >= 0.3 is 155 Å². The molecular formula is C75H128N2Ni. The normalized spacial score (nSPS) is 12.5. The number of rotatable bonds is 48. The third kappa shape index (κ3) is 29.5. The number of hydrogen-bond donors (Lipinski definition) is 0. The van der Waals surface area contributed by atoms with E-state index in [1.807, 2.05) is 14.4 Å². The number of benzene rings is 2. The molecule has 3 heteroatoms. The molecule has 448 valence electrons. The molecule has 2 aromatic carbocycles. The summed E-state index contributed by atoms with van der Waals surface area (Å²) in [5, 5.41) is 2.86. The van der Waals surface area contributed by atoms with Gasteiger partial charge in [0.2, 0.25) is 11.4 Å². The van der Waals surface area contributed by atoms with Gasteiger partial charge in [0, 0.05) is 23.1 Å². The van der Waals surface area contributed by atoms with Crippen molar-refractivity contribution in [1.29, 1.82) is 0 Å². The third-order valence-electron chi connectivity index (χ3n) is 16.5. The van der Waals surface area contributed by atoms with Gasteiger partial charge in [-0.05, 0) is 128 Å². The molecule has 0 N–H and O–H groups in total. The zero-order valence-electron chi connectivity index (χ0n) is 53.8. The van der Waals surface area contributed by atoms with E-state index in [1.54, 1.807) is 15.8 Å². The van der Waals surface area contributed by atoms with E-state index in [1.165, 1.54) is 256 Å². The predicted molar refractivity (Wildman–Crippen MR) is 347 cm³/mol. The summed E-state index contributed by atoms with van der Waals surface area (Å²) in [6.07, 6.45) is 58.6. The Morgan fingerprint density at radius 2 is 0.679 bits per heavy atom. The van der Waals surface area contributed by atoms with Crippen molar-refractivity contribution in [3.05, 3.63) is 85.5 Å². The SMILES string of the molecule is CCCCCCCCCCCCC#CC1=C(c2cc(CCC)c(CCC)c(CCC)c2)[N+](=[N-])C(c2cc(CCCC)c(CCCC)c(CCCC)c2)=C1CC.CCCCCCCCCC[CH2][Ni][CH2]CCCCCCCCCC. The molecule has 0 amide bonds. The molecule has 1 aliphatic rings. The summed E-state index contributed by atoms with van der Waals surface area (Å²) in [5.74, 6) is 7.39. The molecule has 2 aromatic rings. The summed E-state index contributed by atoms with van der Waals surface area (Å²) in [5.41, 5.74) is 28.1. The Bertz CT molecular complexity index is 1880. The van der Waals surface area contributed by atoms with Crippen LogP contribution in [0.2, 0.25) is 10.8 Å². The maximum absolute atomic E-state index is 12.6. The Morgan fingerprint density at radius 1 is 0.346 bits per heavy atom. The molecule has 0 saturated heterocycles. The first kappa shape index (κ1) is 71.7. The Labute approximate surface area is 493 Å². The molecule has 0 saturated carbocycles. The summed E-state index contributed by atoms with van der Waals surface area (Å²) in [6.45, 7) is 23.0. The second kappa shape index (κ2) is 49.2. The average molecular weight is 1120 g/mol. The molecule has 0 atom stereocenters. The molecule has 0 unspecified atom stereocenters. The van der Waals surface area contributed by atoms with Gasteiger partial charge in [-0.1, -0.05) is 164 Å². The Balaban J connectivity index is 0.000000758. The first-order chi connectivity index (χ1) is 38.3.